The monoisotopic (exact) mass is 298 g/mol. The van der Waals surface area contributed by atoms with Crippen LogP contribution in [0.15, 0.2) is 0 Å². The van der Waals surface area contributed by atoms with Crippen LogP contribution in [0, 0.1) is 5.41 Å². The van der Waals surface area contributed by atoms with Gasteiger partial charge in [-0.25, -0.2) is 0 Å². The lowest BCUT2D eigenvalue weighted by atomic mass is 9.76. The Labute approximate surface area is 127 Å². The minimum Gasteiger partial charge on any atom is -0.396 e. The first-order chi connectivity index (χ1) is 9.95. The molecule has 5 nitrogen and oxygen atoms in total. The average Bonchev–Trinajstić information content (AvgIpc) is 2.50. The predicted octanol–water partition coefficient (Wildman–Crippen LogP) is 0.844. The maximum absolute atomic E-state index is 12.8. The van der Waals surface area contributed by atoms with Crippen LogP contribution in [0.3, 0.4) is 0 Å². The van der Waals surface area contributed by atoms with Gasteiger partial charge in [0, 0.05) is 31.6 Å². The van der Waals surface area contributed by atoms with Crippen molar-refractivity contribution in [3.05, 3.63) is 0 Å². The highest BCUT2D eigenvalue weighted by molar-refractivity contribution is 5.85. The zero-order chi connectivity index (χ0) is 15.5. The van der Waals surface area contributed by atoms with Gasteiger partial charge in [-0.1, -0.05) is 13.3 Å². The second kappa shape index (κ2) is 6.63. The lowest BCUT2D eigenvalue weighted by Gasteiger charge is -2.45. The van der Waals surface area contributed by atoms with Crippen molar-refractivity contribution in [3.63, 3.8) is 0 Å². The summed E-state index contributed by atoms with van der Waals surface area (Å²) in [6.45, 7) is 5.07. The van der Waals surface area contributed by atoms with Crippen LogP contribution in [0.25, 0.3) is 0 Å². The van der Waals surface area contributed by atoms with Crippen molar-refractivity contribution in [2.75, 3.05) is 39.8 Å². The molecular formula is C16H30N2O3. The number of nitrogens with zero attached hydrogens (tertiary/aromatic N) is 2. The summed E-state index contributed by atoms with van der Waals surface area (Å²) in [5.74, 6) is -0.121. The van der Waals surface area contributed by atoms with E-state index in [1.807, 2.05) is 7.05 Å². The predicted molar refractivity (Wildman–Crippen MR) is 81.9 cm³/mol. The summed E-state index contributed by atoms with van der Waals surface area (Å²) < 4.78 is 0. The van der Waals surface area contributed by atoms with E-state index in [0.29, 0.717) is 25.9 Å². The number of piperidine rings is 2. The fraction of sp³-hybridized carbons (Fsp3) is 0.938. The maximum atomic E-state index is 12.8. The van der Waals surface area contributed by atoms with Crippen molar-refractivity contribution in [2.24, 2.45) is 5.41 Å². The Balaban J connectivity index is 2.05. The summed E-state index contributed by atoms with van der Waals surface area (Å²) in [6, 6.07) is 0. The van der Waals surface area contributed by atoms with E-state index in [-0.39, 0.29) is 17.9 Å². The van der Waals surface area contributed by atoms with Gasteiger partial charge in [-0.3, -0.25) is 4.79 Å². The molecule has 2 rings (SSSR count). The lowest BCUT2D eigenvalue weighted by Crippen LogP contribution is -2.58. The molecule has 21 heavy (non-hydrogen) atoms. The van der Waals surface area contributed by atoms with Crippen molar-refractivity contribution in [2.45, 2.75) is 51.0 Å². The molecule has 0 aromatic carbocycles. The van der Waals surface area contributed by atoms with E-state index in [1.165, 1.54) is 0 Å². The Kier molecular flexibility index (Phi) is 5.28. The van der Waals surface area contributed by atoms with E-state index in [0.717, 1.165) is 38.8 Å². The number of carbonyl (C=O) groups is 1. The van der Waals surface area contributed by atoms with Gasteiger partial charge < -0.3 is 20.0 Å². The molecule has 1 amide bonds. The van der Waals surface area contributed by atoms with Crippen LogP contribution in [0.2, 0.25) is 0 Å². The molecule has 2 aliphatic heterocycles. The Morgan fingerprint density at radius 2 is 1.86 bits per heavy atom. The van der Waals surface area contributed by atoms with Crippen molar-refractivity contribution < 1.29 is 15.0 Å². The van der Waals surface area contributed by atoms with Crippen molar-refractivity contribution >= 4 is 5.91 Å². The number of hydrogen-bond donors (Lipinski definition) is 2. The standard InChI is InChI=1S/C16H30N2O3/c1-3-5-15(13-19)6-4-9-18(12-15)14(20)16(21)7-10-17(2)11-8-16/h19,21H,3-13H2,1-2H3. The zero-order valence-corrected chi connectivity index (χ0v) is 13.5. The molecular weight excluding hydrogens is 268 g/mol. The smallest absolute Gasteiger partial charge is 0.254 e. The normalized spacial score (nSPS) is 30.4. The van der Waals surface area contributed by atoms with Gasteiger partial charge in [0.15, 0.2) is 0 Å². The van der Waals surface area contributed by atoms with E-state index in [9.17, 15) is 15.0 Å². The van der Waals surface area contributed by atoms with Crippen LogP contribution in [0.1, 0.15) is 45.4 Å². The zero-order valence-electron chi connectivity index (χ0n) is 13.5. The van der Waals surface area contributed by atoms with Gasteiger partial charge in [0.2, 0.25) is 0 Å². The highest BCUT2D eigenvalue weighted by Crippen LogP contribution is 2.36. The largest absolute Gasteiger partial charge is 0.396 e. The summed E-state index contributed by atoms with van der Waals surface area (Å²) in [5.41, 5.74) is -1.36. The number of amides is 1. The van der Waals surface area contributed by atoms with Crippen molar-refractivity contribution in [1.29, 1.82) is 0 Å². The number of likely N-dealkylation sites (tertiary alicyclic amines) is 2. The van der Waals surface area contributed by atoms with Crippen LogP contribution < -0.4 is 0 Å². The van der Waals surface area contributed by atoms with Crippen LogP contribution >= 0.6 is 0 Å². The maximum Gasteiger partial charge on any atom is 0.254 e. The summed E-state index contributed by atoms with van der Waals surface area (Å²) in [7, 11) is 2.02. The highest BCUT2D eigenvalue weighted by atomic mass is 16.3. The van der Waals surface area contributed by atoms with E-state index in [1.54, 1.807) is 4.90 Å². The number of carbonyl (C=O) groups excluding carboxylic acids is 1. The summed E-state index contributed by atoms with van der Waals surface area (Å²) in [5, 5.41) is 20.5. The number of hydrogen-bond acceptors (Lipinski definition) is 4. The van der Waals surface area contributed by atoms with Crippen LogP contribution in [0.5, 0.6) is 0 Å². The van der Waals surface area contributed by atoms with Gasteiger partial charge in [0.25, 0.3) is 5.91 Å². The molecule has 2 aliphatic rings. The fourth-order valence-corrected chi connectivity index (χ4v) is 3.82. The molecule has 0 spiro atoms. The molecule has 2 fully saturated rings. The number of rotatable bonds is 4. The van der Waals surface area contributed by atoms with Crippen molar-refractivity contribution in [3.8, 4) is 0 Å². The topological polar surface area (TPSA) is 64.0 Å². The number of aliphatic hydroxyl groups is 2. The molecule has 5 heteroatoms. The molecule has 0 saturated carbocycles. The van der Waals surface area contributed by atoms with Gasteiger partial charge in [-0.05, 0) is 39.2 Å². The first-order valence-electron chi connectivity index (χ1n) is 8.26. The first kappa shape index (κ1) is 16.7. The SMILES string of the molecule is CCCC1(CO)CCCN(C(=O)C2(O)CCN(C)CC2)C1. The Morgan fingerprint density at radius 3 is 2.43 bits per heavy atom. The molecule has 0 radical (unpaired) electrons. The quantitative estimate of drug-likeness (QED) is 0.807. The van der Waals surface area contributed by atoms with Crippen LogP contribution in [-0.2, 0) is 4.79 Å². The van der Waals surface area contributed by atoms with E-state index >= 15 is 0 Å². The molecule has 0 aromatic heterocycles. The Hall–Kier alpha value is -0.650. The second-order valence-corrected chi connectivity index (χ2v) is 7.07. The van der Waals surface area contributed by atoms with Crippen LogP contribution in [-0.4, -0.2) is 71.4 Å². The third-order valence-electron chi connectivity index (χ3n) is 5.28. The Morgan fingerprint density at radius 1 is 1.19 bits per heavy atom. The average molecular weight is 298 g/mol. The Bertz CT molecular complexity index is 363. The highest BCUT2D eigenvalue weighted by Gasteiger charge is 2.44. The van der Waals surface area contributed by atoms with Gasteiger partial charge in [-0.15, -0.1) is 0 Å². The second-order valence-electron chi connectivity index (χ2n) is 7.07. The molecule has 122 valence electrons. The minimum atomic E-state index is -1.20. The molecule has 0 bridgehead atoms. The van der Waals surface area contributed by atoms with Crippen molar-refractivity contribution in [1.82, 2.24) is 9.80 Å². The lowest BCUT2D eigenvalue weighted by molar-refractivity contribution is -0.160. The summed E-state index contributed by atoms with van der Waals surface area (Å²) >= 11 is 0. The number of aliphatic hydroxyl groups excluding tert-OH is 1. The minimum absolute atomic E-state index is 0.121. The molecule has 2 heterocycles. The first-order valence-corrected chi connectivity index (χ1v) is 8.26. The van der Waals surface area contributed by atoms with Gasteiger partial charge >= 0.3 is 0 Å². The molecule has 1 atom stereocenters. The van der Waals surface area contributed by atoms with Gasteiger partial charge in [0.1, 0.15) is 5.60 Å². The summed E-state index contributed by atoms with van der Waals surface area (Å²) in [4.78, 5) is 16.7. The molecule has 2 saturated heterocycles. The van der Waals surface area contributed by atoms with Gasteiger partial charge in [0.05, 0.1) is 6.61 Å². The van der Waals surface area contributed by atoms with E-state index < -0.39 is 5.60 Å². The molecule has 2 N–H and O–H groups in total. The van der Waals surface area contributed by atoms with Crippen LogP contribution in [0.4, 0.5) is 0 Å². The molecule has 0 aromatic rings. The molecule has 0 aliphatic carbocycles. The van der Waals surface area contributed by atoms with E-state index in [4.69, 9.17) is 0 Å². The third-order valence-corrected chi connectivity index (χ3v) is 5.28. The third kappa shape index (κ3) is 3.58. The van der Waals surface area contributed by atoms with Gasteiger partial charge in [-0.2, -0.15) is 0 Å². The van der Waals surface area contributed by atoms with E-state index in [2.05, 4.69) is 11.8 Å². The fourth-order valence-electron chi connectivity index (χ4n) is 3.82. The summed E-state index contributed by atoms with van der Waals surface area (Å²) in [6.07, 6.45) is 4.87. The molecule has 1 unspecified atom stereocenters.